The summed E-state index contributed by atoms with van der Waals surface area (Å²) < 4.78 is 0. The molecule has 3 aliphatic heterocycles. The molecule has 2 unspecified atom stereocenters. The van der Waals surface area contributed by atoms with Crippen molar-refractivity contribution in [2.24, 2.45) is 11.7 Å². The van der Waals surface area contributed by atoms with Crippen LogP contribution < -0.4 is 11.7 Å². The topological polar surface area (TPSA) is 261 Å². The first-order valence-electron chi connectivity index (χ1n) is 17.1. The van der Waals surface area contributed by atoms with Crippen LogP contribution in [0.4, 0.5) is 0 Å². The molecule has 3 saturated heterocycles. The van der Waals surface area contributed by atoms with Crippen molar-refractivity contribution in [3.05, 3.63) is 0 Å². The minimum absolute atomic E-state index is 0. The molecule has 0 bridgehead atoms. The van der Waals surface area contributed by atoms with Crippen molar-refractivity contribution >= 4 is 35.7 Å². The molecule has 0 spiro atoms. The Balaban J connectivity index is 0.00000901. The van der Waals surface area contributed by atoms with Gasteiger partial charge in [-0.2, -0.15) is 0 Å². The van der Waals surface area contributed by atoms with Gasteiger partial charge in [-0.15, -0.1) is 0 Å². The standard InChI is InChI=1S/C30H54N10O10.Gd/c31-39-17-13-37(14-18-39)25(41)3-1-23(29(47)48)35-9-7-33(21-27(43)44)5-6-34(22-28(45)46)8-10-36(12-11-35)24(30(49)50)2-4-26(42)38-15-19-40(32)20-16-38;/h23-24H,1-22,31-32H2,(H,43,44)(H,45,46)(H,47,48)(H,49,50);. The molecule has 3 rings (SSSR count). The Morgan fingerprint density at radius 3 is 1.06 bits per heavy atom. The van der Waals surface area contributed by atoms with Crippen LogP contribution in [-0.4, -0.2) is 225 Å². The first kappa shape index (κ1) is 45.0. The first-order chi connectivity index (χ1) is 23.7. The number of carboxylic acids is 4. The van der Waals surface area contributed by atoms with Gasteiger partial charge in [-0.05, 0) is 12.8 Å². The van der Waals surface area contributed by atoms with Gasteiger partial charge in [-0.3, -0.25) is 60.1 Å². The molecule has 8 N–H and O–H groups in total. The second kappa shape index (κ2) is 22.8. The van der Waals surface area contributed by atoms with Crippen LogP contribution >= 0.6 is 0 Å². The van der Waals surface area contributed by atoms with Gasteiger partial charge in [0, 0.05) is 157 Å². The number of aliphatic carboxylic acids is 4. The van der Waals surface area contributed by atoms with Crippen LogP contribution in [0.1, 0.15) is 25.7 Å². The summed E-state index contributed by atoms with van der Waals surface area (Å²) in [6.45, 7) is 3.95. The van der Waals surface area contributed by atoms with Crippen LogP contribution in [0.15, 0.2) is 0 Å². The zero-order valence-corrected chi connectivity index (χ0v) is 31.3. The Labute approximate surface area is 329 Å². The molecular formula is C30H54GdN10O10. The third-order valence-corrected chi connectivity index (χ3v) is 9.58. The number of amides is 2. The van der Waals surface area contributed by atoms with E-state index in [4.69, 9.17) is 11.7 Å². The second-order valence-electron chi connectivity index (χ2n) is 13.0. The van der Waals surface area contributed by atoms with E-state index in [0.29, 0.717) is 52.4 Å². The largest absolute Gasteiger partial charge is 0.480 e. The molecule has 21 heteroatoms. The third-order valence-electron chi connectivity index (χ3n) is 9.58. The fourth-order valence-corrected chi connectivity index (χ4v) is 6.55. The second-order valence-corrected chi connectivity index (χ2v) is 13.0. The number of carboxylic acid groups (broad SMARTS) is 4. The molecule has 20 nitrogen and oxygen atoms in total. The van der Waals surface area contributed by atoms with E-state index in [1.54, 1.807) is 39.4 Å². The van der Waals surface area contributed by atoms with Crippen molar-refractivity contribution in [2.75, 3.05) is 118 Å². The van der Waals surface area contributed by atoms with Gasteiger partial charge in [0.15, 0.2) is 0 Å². The predicted octanol–water partition coefficient (Wildman–Crippen LogP) is -4.12. The molecular weight excluding hydrogens is 818 g/mol. The maximum atomic E-state index is 13.0. The van der Waals surface area contributed by atoms with Crippen LogP contribution in [-0.2, 0) is 28.8 Å². The van der Waals surface area contributed by atoms with E-state index in [1.165, 1.54) is 0 Å². The van der Waals surface area contributed by atoms with Crippen molar-refractivity contribution in [2.45, 2.75) is 37.8 Å². The van der Waals surface area contributed by atoms with Gasteiger partial charge in [0.1, 0.15) is 12.1 Å². The van der Waals surface area contributed by atoms with Crippen molar-refractivity contribution < 1.29 is 89.1 Å². The van der Waals surface area contributed by atoms with Gasteiger partial charge in [-0.1, -0.05) is 0 Å². The maximum absolute atomic E-state index is 13.0. The summed E-state index contributed by atoms with van der Waals surface area (Å²) in [4.78, 5) is 84.5. The van der Waals surface area contributed by atoms with Gasteiger partial charge in [0.2, 0.25) is 11.8 Å². The molecule has 0 radical (unpaired) electrons. The summed E-state index contributed by atoms with van der Waals surface area (Å²) in [5, 5.41) is 43.0. The number of nitrogens with zero attached hydrogens (tertiary/aromatic N) is 8. The number of hydrogen-bond donors (Lipinski definition) is 6. The number of rotatable bonds is 14. The van der Waals surface area contributed by atoms with Gasteiger partial charge in [0.05, 0.1) is 13.1 Å². The van der Waals surface area contributed by atoms with Crippen LogP contribution in [0.25, 0.3) is 0 Å². The minimum Gasteiger partial charge on any atom is -0.480 e. The van der Waals surface area contributed by atoms with E-state index in [-0.39, 0.29) is 143 Å². The summed E-state index contributed by atoms with van der Waals surface area (Å²) in [5.74, 6) is 6.67. The van der Waals surface area contributed by atoms with Crippen molar-refractivity contribution in [3.63, 3.8) is 0 Å². The molecule has 2 amide bonds. The van der Waals surface area contributed by atoms with E-state index in [1.807, 2.05) is 0 Å². The van der Waals surface area contributed by atoms with Gasteiger partial charge >= 0.3 is 23.9 Å². The van der Waals surface area contributed by atoms with E-state index in [0.717, 1.165) is 0 Å². The minimum atomic E-state index is -1.17. The van der Waals surface area contributed by atoms with Gasteiger partial charge < -0.3 is 30.2 Å². The summed E-state index contributed by atoms with van der Waals surface area (Å²) in [7, 11) is 0. The van der Waals surface area contributed by atoms with Gasteiger partial charge in [0.25, 0.3) is 0 Å². The van der Waals surface area contributed by atoms with Crippen LogP contribution in [0.2, 0.25) is 0 Å². The van der Waals surface area contributed by atoms with E-state index in [9.17, 15) is 49.2 Å². The van der Waals surface area contributed by atoms with Gasteiger partial charge in [-0.25, -0.2) is 10.0 Å². The zero-order chi connectivity index (χ0) is 36.8. The molecule has 3 aliphatic rings. The monoisotopic (exact) mass is 872 g/mol. The Morgan fingerprint density at radius 1 is 0.471 bits per heavy atom. The fourth-order valence-electron chi connectivity index (χ4n) is 6.55. The fraction of sp³-hybridized carbons (Fsp3) is 0.800. The molecule has 0 aromatic rings. The number of carbonyl (C=O) groups excluding carboxylic acids is 2. The SMILES string of the molecule is NN1CCN(C(=O)CCC(C(=O)O)N2CCN(CC(=O)O)CCN(CC(=O)O)CCN(C(CCC(=O)N3CCN(N)CC3)C(=O)O)CC2)CC1.[Gd]. The number of nitrogens with two attached hydrogens (primary N) is 2. The van der Waals surface area contributed by atoms with Crippen LogP contribution in [0, 0.1) is 39.9 Å². The normalized spacial score (nSPS) is 21.5. The number of hydrazine groups is 2. The number of piperazine rings is 2. The molecule has 0 aromatic carbocycles. The zero-order valence-electron chi connectivity index (χ0n) is 29.0. The summed E-state index contributed by atoms with van der Waals surface area (Å²) in [6, 6.07) is -2.25. The Bertz CT molecular complexity index is 1080. The Morgan fingerprint density at radius 2 is 0.765 bits per heavy atom. The average Bonchev–Trinajstić information content (AvgIpc) is 3.05. The molecule has 0 aliphatic carbocycles. The van der Waals surface area contributed by atoms with E-state index in [2.05, 4.69) is 0 Å². The summed E-state index contributed by atoms with van der Waals surface area (Å²) in [5.41, 5.74) is 0. The van der Waals surface area contributed by atoms with Crippen LogP contribution in [0.5, 0.6) is 0 Å². The Hall–Kier alpha value is -2.18. The average molecular weight is 872 g/mol. The smallest absolute Gasteiger partial charge is 0.320 e. The summed E-state index contributed by atoms with van der Waals surface area (Å²) >= 11 is 0. The molecule has 292 valence electrons. The van der Waals surface area contributed by atoms with Crippen molar-refractivity contribution in [1.82, 2.24) is 39.4 Å². The Kier molecular flexibility index (Phi) is 20.1. The van der Waals surface area contributed by atoms with Crippen molar-refractivity contribution in [1.29, 1.82) is 0 Å². The first-order valence-corrected chi connectivity index (χ1v) is 17.1. The number of carbonyl (C=O) groups is 6. The maximum Gasteiger partial charge on any atom is 0.320 e. The molecule has 51 heavy (non-hydrogen) atoms. The molecule has 2 atom stereocenters. The summed E-state index contributed by atoms with van der Waals surface area (Å²) in [6.07, 6.45) is -0.115. The quantitative estimate of drug-likeness (QED) is 0.0907. The van der Waals surface area contributed by atoms with E-state index >= 15 is 0 Å². The van der Waals surface area contributed by atoms with E-state index < -0.39 is 36.0 Å². The third kappa shape index (κ3) is 15.8. The molecule has 0 aromatic heterocycles. The predicted molar refractivity (Wildman–Crippen MR) is 177 cm³/mol. The van der Waals surface area contributed by atoms with Crippen LogP contribution in [0.3, 0.4) is 0 Å². The number of hydrogen-bond acceptors (Lipinski definition) is 14. The molecule has 3 fully saturated rings. The van der Waals surface area contributed by atoms with Crippen molar-refractivity contribution in [3.8, 4) is 0 Å². The molecule has 0 saturated carbocycles. The molecule has 3 heterocycles.